The number of hydrogen-bond acceptors (Lipinski definition) is 3. The summed E-state index contributed by atoms with van der Waals surface area (Å²) in [6.07, 6.45) is 0. The number of nitrogens with zero attached hydrogens (tertiary/aromatic N) is 2. The van der Waals surface area contributed by atoms with Crippen LogP contribution in [0.3, 0.4) is 0 Å². The molecule has 23 heavy (non-hydrogen) atoms. The third-order valence-corrected chi connectivity index (χ3v) is 3.63. The van der Waals surface area contributed by atoms with Crippen molar-refractivity contribution in [1.82, 2.24) is 0 Å². The Morgan fingerprint density at radius 2 is 1.35 bits per heavy atom. The van der Waals surface area contributed by atoms with Gasteiger partial charge in [-0.15, -0.1) is 0 Å². The lowest BCUT2D eigenvalue weighted by molar-refractivity contribution is -0.116. The minimum absolute atomic E-state index is 0.0391. The molecule has 0 fully saturated rings. The fourth-order valence-electron chi connectivity index (χ4n) is 2.06. The Morgan fingerprint density at radius 3 is 1.83 bits per heavy atom. The van der Waals surface area contributed by atoms with Crippen molar-refractivity contribution in [1.29, 1.82) is 0 Å². The maximum Gasteiger partial charge on any atom is 0.255 e. The molecule has 120 valence electrons. The van der Waals surface area contributed by atoms with Gasteiger partial charge in [-0.05, 0) is 48.5 Å². The quantitative estimate of drug-likeness (QED) is 0.944. The molecular weight excluding hydrogens is 290 g/mol. The van der Waals surface area contributed by atoms with Crippen LogP contribution in [0.25, 0.3) is 0 Å². The van der Waals surface area contributed by atoms with E-state index in [1.54, 1.807) is 48.3 Å². The molecule has 0 saturated heterocycles. The van der Waals surface area contributed by atoms with E-state index in [0.29, 0.717) is 11.3 Å². The molecule has 0 aliphatic heterocycles. The summed E-state index contributed by atoms with van der Waals surface area (Å²) < 4.78 is 0. The Hall–Kier alpha value is -2.82. The van der Waals surface area contributed by atoms with E-state index in [2.05, 4.69) is 5.32 Å². The summed E-state index contributed by atoms with van der Waals surface area (Å²) in [4.78, 5) is 27.1. The van der Waals surface area contributed by atoms with Gasteiger partial charge in [0.2, 0.25) is 5.91 Å². The van der Waals surface area contributed by atoms with E-state index in [1.165, 1.54) is 6.92 Å². The van der Waals surface area contributed by atoms with Crippen LogP contribution >= 0.6 is 0 Å². The average molecular weight is 311 g/mol. The maximum absolute atomic E-state index is 12.2. The Bertz CT molecular complexity index is 691. The Labute approximate surface area is 136 Å². The zero-order valence-electron chi connectivity index (χ0n) is 13.8. The number of rotatable bonds is 4. The standard InChI is InChI=1S/C18H21N3O2/c1-13(22)21(4)17-11-7-15(8-12-17)19-18(23)14-5-9-16(10-6-14)20(2)3/h5-12H,1-4H3,(H,19,23). The second-order valence-electron chi connectivity index (χ2n) is 5.52. The molecule has 2 amide bonds. The number of nitrogens with one attached hydrogen (secondary N) is 1. The zero-order valence-corrected chi connectivity index (χ0v) is 13.8. The predicted molar refractivity (Wildman–Crippen MR) is 94.2 cm³/mol. The van der Waals surface area contributed by atoms with Gasteiger partial charge in [-0.3, -0.25) is 9.59 Å². The van der Waals surface area contributed by atoms with Crippen molar-refractivity contribution in [2.45, 2.75) is 6.92 Å². The molecule has 0 unspecified atom stereocenters. The van der Waals surface area contributed by atoms with Gasteiger partial charge in [0.05, 0.1) is 0 Å². The Kier molecular flexibility index (Phi) is 5.01. The van der Waals surface area contributed by atoms with Gasteiger partial charge in [-0.2, -0.15) is 0 Å². The first-order valence-corrected chi connectivity index (χ1v) is 7.31. The third kappa shape index (κ3) is 4.10. The highest BCUT2D eigenvalue weighted by molar-refractivity contribution is 6.04. The lowest BCUT2D eigenvalue weighted by Gasteiger charge is -2.15. The lowest BCUT2D eigenvalue weighted by atomic mass is 10.2. The summed E-state index contributed by atoms with van der Waals surface area (Å²) in [7, 11) is 5.62. The summed E-state index contributed by atoms with van der Waals surface area (Å²) in [6, 6.07) is 14.5. The normalized spacial score (nSPS) is 10.1. The van der Waals surface area contributed by atoms with Crippen LogP contribution in [-0.2, 0) is 4.79 Å². The van der Waals surface area contributed by atoms with Crippen LogP contribution in [0.5, 0.6) is 0 Å². The van der Waals surface area contributed by atoms with Crippen LogP contribution in [0.1, 0.15) is 17.3 Å². The molecule has 0 aromatic heterocycles. The molecule has 0 heterocycles. The number of amides is 2. The van der Waals surface area contributed by atoms with Gasteiger partial charge in [-0.1, -0.05) is 0 Å². The predicted octanol–water partition coefficient (Wildman–Crippen LogP) is 2.99. The molecule has 0 aliphatic rings. The Morgan fingerprint density at radius 1 is 0.826 bits per heavy atom. The van der Waals surface area contributed by atoms with Crippen LogP contribution < -0.4 is 15.1 Å². The molecule has 1 N–H and O–H groups in total. The van der Waals surface area contributed by atoms with Gasteiger partial charge < -0.3 is 15.1 Å². The minimum Gasteiger partial charge on any atom is -0.378 e. The molecular formula is C18H21N3O2. The van der Waals surface area contributed by atoms with Crippen molar-refractivity contribution in [3.8, 4) is 0 Å². The molecule has 5 nitrogen and oxygen atoms in total. The van der Waals surface area contributed by atoms with Crippen molar-refractivity contribution in [3.05, 3.63) is 54.1 Å². The van der Waals surface area contributed by atoms with E-state index in [4.69, 9.17) is 0 Å². The van der Waals surface area contributed by atoms with E-state index in [-0.39, 0.29) is 11.8 Å². The molecule has 0 atom stereocenters. The largest absolute Gasteiger partial charge is 0.378 e. The summed E-state index contributed by atoms with van der Waals surface area (Å²) in [5, 5.41) is 2.85. The summed E-state index contributed by atoms with van der Waals surface area (Å²) >= 11 is 0. The van der Waals surface area contributed by atoms with Crippen molar-refractivity contribution < 1.29 is 9.59 Å². The number of benzene rings is 2. The van der Waals surface area contributed by atoms with Crippen molar-refractivity contribution in [2.75, 3.05) is 36.3 Å². The second kappa shape index (κ2) is 6.96. The number of anilines is 3. The van der Waals surface area contributed by atoms with Crippen molar-refractivity contribution in [3.63, 3.8) is 0 Å². The van der Waals surface area contributed by atoms with Gasteiger partial charge in [-0.25, -0.2) is 0 Å². The first-order valence-electron chi connectivity index (χ1n) is 7.31. The number of carbonyl (C=O) groups is 2. The zero-order chi connectivity index (χ0) is 17.0. The molecule has 2 aromatic rings. The first kappa shape index (κ1) is 16.5. The lowest BCUT2D eigenvalue weighted by Crippen LogP contribution is -2.22. The Balaban J connectivity index is 2.06. The minimum atomic E-state index is -0.164. The molecule has 0 spiro atoms. The monoisotopic (exact) mass is 311 g/mol. The van der Waals surface area contributed by atoms with E-state index >= 15 is 0 Å². The summed E-state index contributed by atoms with van der Waals surface area (Å²) in [6.45, 7) is 1.51. The van der Waals surface area contributed by atoms with Crippen LogP contribution in [0, 0.1) is 0 Å². The van der Waals surface area contributed by atoms with Crippen LogP contribution in [-0.4, -0.2) is 33.0 Å². The van der Waals surface area contributed by atoms with Crippen molar-refractivity contribution in [2.24, 2.45) is 0 Å². The van der Waals surface area contributed by atoms with Crippen LogP contribution in [0.15, 0.2) is 48.5 Å². The maximum atomic E-state index is 12.2. The molecule has 0 radical (unpaired) electrons. The fraction of sp³-hybridized carbons (Fsp3) is 0.222. The highest BCUT2D eigenvalue weighted by Crippen LogP contribution is 2.18. The van der Waals surface area contributed by atoms with Crippen molar-refractivity contribution >= 4 is 28.9 Å². The van der Waals surface area contributed by atoms with Gasteiger partial charge in [0.15, 0.2) is 0 Å². The first-order chi connectivity index (χ1) is 10.9. The number of carbonyl (C=O) groups excluding carboxylic acids is 2. The molecule has 0 aliphatic carbocycles. The van der Waals surface area contributed by atoms with Crippen LogP contribution in [0.2, 0.25) is 0 Å². The highest BCUT2D eigenvalue weighted by Gasteiger charge is 2.08. The number of hydrogen-bond donors (Lipinski definition) is 1. The van der Waals surface area contributed by atoms with E-state index in [9.17, 15) is 9.59 Å². The van der Waals surface area contributed by atoms with Gasteiger partial charge in [0, 0.05) is 50.7 Å². The van der Waals surface area contributed by atoms with E-state index < -0.39 is 0 Å². The van der Waals surface area contributed by atoms with E-state index in [1.807, 2.05) is 31.1 Å². The highest BCUT2D eigenvalue weighted by atomic mass is 16.2. The van der Waals surface area contributed by atoms with Crippen LogP contribution in [0.4, 0.5) is 17.1 Å². The van der Waals surface area contributed by atoms with E-state index in [0.717, 1.165) is 11.4 Å². The topological polar surface area (TPSA) is 52.7 Å². The second-order valence-corrected chi connectivity index (χ2v) is 5.52. The smallest absolute Gasteiger partial charge is 0.255 e. The van der Waals surface area contributed by atoms with Gasteiger partial charge in [0.1, 0.15) is 0 Å². The molecule has 2 rings (SSSR count). The fourth-order valence-corrected chi connectivity index (χ4v) is 2.06. The van der Waals surface area contributed by atoms with Gasteiger partial charge in [0.25, 0.3) is 5.91 Å². The molecule has 0 saturated carbocycles. The molecule has 5 heteroatoms. The third-order valence-electron chi connectivity index (χ3n) is 3.63. The SMILES string of the molecule is CC(=O)N(C)c1ccc(NC(=O)c2ccc(N(C)C)cc2)cc1. The molecule has 0 bridgehead atoms. The summed E-state index contributed by atoms with van der Waals surface area (Å²) in [5.74, 6) is -0.203. The molecule has 2 aromatic carbocycles. The average Bonchev–Trinajstić information content (AvgIpc) is 2.54. The summed E-state index contributed by atoms with van der Waals surface area (Å²) in [5.41, 5.74) is 3.11. The van der Waals surface area contributed by atoms with Gasteiger partial charge >= 0.3 is 0 Å².